The lowest BCUT2D eigenvalue weighted by atomic mass is 10.2. The number of hydrogen-bond acceptors (Lipinski definition) is 5. The number of anilines is 1. The number of carbonyl (C=O) groups is 1. The third kappa shape index (κ3) is 3.99. The molecule has 0 radical (unpaired) electrons. The lowest BCUT2D eigenvalue weighted by Crippen LogP contribution is -2.37. The Morgan fingerprint density at radius 1 is 1.53 bits per heavy atom. The molecule has 0 unspecified atom stereocenters. The van der Waals surface area contributed by atoms with Crippen LogP contribution in [0.5, 0.6) is 0 Å². The Labute approximate surface area is 101 Å². The van der Waals surface area contributed by atoms with Crippen LogP contribution >= 0.6 is 0 Å². The Bertz CT molecular complexity index is 380. The highest BCUT2D eigenvalue weighted by atomic mass is 16.1. The average molecular weight is 237 g/mol. The molecule has 1 aromatic rings. The molecule has 0 aliphatic heterocycles. The van der Waals surface area contributed by atoms with Gasteiger partial charge >= 0.3 is 0 Å². The molecule has 0 fully saturated rings. The molecule has 0 bridgehead atoms. The number of carbonyl (C=O) groups excluding carboxylic acids is 1. The van der Waals surface area contributed by atoms with Crippen molar-refractivity contribution in [1.82, 2.24) is 10.2 Å². The van der Waals surface area contributed by atoms with E-state index in [1.54, 1.807) is 12.3 Å². The normalized spacial score (nSPS) is 10.6. The topological polar surface area (TPSA) is 98.1 Å². The predicted octanol–water partition coefficient (Wildman–Crippen LogP) is -0.117. The van der Waals surface area contributed by atoms with Crippen molar-refractivity contribution in [1.29, 1.82) is 0 Å². The first kappa shape index (κ1) is 13.4. The Morgan fingerprint density at radius 3 is 2.76 bits per heavy atom. The van der Waals surface area contributed by atoms with Crippen LogP contribution in [0, 0.1) is 5.92 Å². The highest BCUT2D eigenvalue weighted by Crippen LogP contribution is 2.16. The van der Waals surface area contributed by atoms with E-state index in [0.717, 1.165) is 5.56 Å². The van der Waals surface area contributed by atoms with Crippen molar-refractivity contribution in [3.63, 3.8) is 0 Å². The van der Waals surface area contributed by atoms with Crippen molar-refractivity contribution < 1.29 is 4.79 Å². The minimum Gasteiger partial charge on any atom is -0.368 e. The standard InChI is InChI=1S/C11H19N5O/c1-8(2)6-16(7-10(13)17)11-9(5-12)3-4-14-15-11/h3-4,8H,5-7,12H2,1-2H3,(H2,13,17). The zero-order valence-electron chi connectivity index (χ0n) is 10.3. The van der Waals surface area contributed by atoms with Crippen molar-refractivity contribution in [3.8, 4) is 0 Å². The second kappa shape index (κ2) is 6.15. The number of nitrogens with zero attached hydrogens (tertiary/aromatic N) is 3. The summed E-state index contributed by atoms with van der Waals surface area (Å²) in [6, 6.07) is 1.80. The minimum atomic E-state index is -0.390. The molecule has 0 saturated carbocycles. The van der Waals surface area contributed by atoms with Crippen molar-refractivity contribution in [2.45, 2.75) is 20.4 Å². The Kier molecular flexibility index (Phi) is 4.84. The van der Waals surface area contributed by atoms with Gasteiger partial charge in [0.2, 0.25) is 5.91 Å². The summed E-state index contributed by atoms with van der Waals surface area (Å²) in [7, 11) is 0. The SMILES string of the molecule is CC(C)CN(CC(N)=O)c1nnccc1CN. The average Bonchev–Trinajstić information content (AvgIpc) is 2.27. The van der Waals surface area contributed by atoms with Gasteiger partial charge in [0, 0.05) is 18.7 Å². The van der Waals surface area contributed by atoms with Gasteiger partial charge in [-0.25, -0.2) is 0 Å². The fourth-order valence-corrected chi connectivity index (χ4v) is 1.63. The van der Waals surface area contributed by atoms with Gasteiger partial charge in [-0.3, -0.25) is 4.79 Å². The monoisotopic (exact) mass is 237 g/mol. The largest absolute Gasteiger partial charge is 0.368 e. The zero-order valence-corrected chi connectivity index (χ0v) is 10.3. The van der Waals surface area contributed by atoms with Crippen LogP contribution in [-0.2, 0) is 11.3 Å². The summed E-state index contributed by atoms with van der Waals surface area (Å²) in [6.45, 7) is 5.30. The van der Waals surface area contributed by atoms with Gasteiger partial charge < -0.3 is 16.4 Å². The van der Waals surface area contributed by atoms with E-state index in [9.17, 15) is 4.79 Å². The van der Waals surface area contributed by atoms with Gasteiger partial charge in [-0.05, 0) is 12.0 Å². The number of nitrogens with two attached hydrogens (primary N) is 2. The van der Waals surface area contributed by atoms with Crippen LogP contribution < -0.4 is 16.4 Å². The fourth-order valence-electron chi connectivity index (χ4n) is 1.63. The fraction of sp³-hybridized carbons (Fsp3) is 0.545. The van der Waals surface area contributed by atoms with E-state index in [2.05, 4.69) is 24.0 Å². The maximum atomic E-state index is 11.1. The molecule has 1 aromatic heterocycles. The molecular formula is C11H19N5O. The van der Waals surface area contributed by atoms with Gasteiger partial charge in [0.1, 0.15) is 0 Å². The third-order valence-corrected chi connectivity index (χ3v) is 2.23. The Balaban J connectivity index is 2.98. The van der Waals surface area contributed by atoms with Crippen molar-refractivity contribution in [3.05, 3.63) is 17.8 Å². The molecule has 0 saturated heterocycles. The highest BCUT2D eigenvalue weighted by molar-refractivity contribution is 5.79. The minimum absolute atomic E-state index is 0.129. The molecule has 1 heterocycles. The van der Waals surface area contributed by atoms with Crippen LogP contribution in [0.3, 0.4) is 0 Å². The molecule has 1 amide bonds. The molecule has 6 heteroatoms. The molecule has 0 atom stereocenters. The summed E-state index contributed by atoms with van der Waals surface area (Å²) >= 11 is 0. The number of hydrogen-bond donors (Lipinski definition) is 2. The molecule has 1 rings (SSSR count). The molecule has 4 N–H and O–H groups in total. The van der Waals surface area contributed by atoms with E-state index < -0.39 is 0 Å². The molecule has 94 valence electrons. The molecule has 0 aromatic carbocycles. The van der Waals surface area contributed by atoms with Crippen LogP contribution in [0.15, 0.2) is 12.3 Å². The van der Waals surface area contributed by atoms with Crippen molar-refractivity contribution in [2.24, 2.45) is 17.4 Å². The van der Waals surface area contributed by atoms with Crippen LogP contribution in [0.1, 0.15) is 19.4 Å². The lowest BCUT2D eigenvalue weighted by molar-refractivity contribution is -0.116. The third-order valence-electron chi connectivity index (χ3n) is 2.23. The van der Waals surface area contributed by atoms with E-state index >= 15 is 0 Å². The summed E-state index contributed by atoms with van der Waals surface area (Å²) in [5.41, 5.74) is 11.7. The number of rotatable bonds is 6. The van der Waals surface area contributed by atoms with Crippen LogP contribution in [0.2, 0.25) is 0 Å². The number of primary amides is 1. The summed E-state index contributed by atoms with van der Waals surface area (Å²) in [4.78, 5) is 12.9. The van der Waals surface area contributed by atoms with Gasteiger partial charge in [0.05, 0.1) is 12.7 Å². The number of aromatic nitrogens is 2. The second-order valence-corrected chi connectivity index (χ2v) is 4.32. The summed E-state index contributed by atoms with van der Waals surface area (Å²) in [5, 5.41) is 7.87. The van der Waals surface area contributed by atoms with Gasteiger partial charge in [-0.1, -0.05) is 13.8 Å². The number of amides is 1. The van der Waals surface area contributed by atoms with Crippen LogP contribution in [0.4, 0.5) is 5.82 Å². The molecule has 6 nitrogen and oxygen atoms in total. The Morgan fingerprint density at radius 2 is 2.24 bits per heavy atom. The first-order valence-corrected chi connectivity index (χ1v) is 5.58. The van der Waals surface area contributed by atoms with Gasteiger partial charge in [0.25, 0.3) is 0 Å². The van der Waals surface area contributed by atoms with Crippen LogP contribution in [-0.4, -0.2) is 29.2 Å². The van der Waals surface area contributed by atoms with E-state index in [4.69, 9.17) is 11.5 Å². The van der Waals surface area contributed by atoms with Crippen molar-refractivity contribution >= 4 is 11.7 Å². The molecule has 0 aliphatic carbocycles. The quantitative estimate of drug-likeness (QED) is 0.719. The first-order chi connectivity index (χ1) is 8.04. The van der Waals surface area contributed by atoms with Crippen LogP contribution in [0.25, 0.3) is 0 Å². The maximum Gasteiger partial charge on any atom is 0.236 e. The van der Waals surface area contributed by atoms with Gasteiger partial charge in [-0.15, -0.1) is 5.10 Å². The van der Waals surface area contributed by atoms with E-state index in [1.807, 2.05) is 4.90 Å². The second-order valence-electron chi connectivity index (χ2n) is 4.32. The Hall–Kier alpha value is -1.69. The van der Waals surface area contributed by atoms with Crippen molar-refractivity contribution in [2.75, 3.05) is 18.0 Å². The smallest absolute Gasteiger partial charge is 0.236 e. The molecule has 0 aliphatic rings. The summed E-state index contributed by atoms with van der Waals surface area (Å²) < 4.78 is 0. The molecular weight excluding hydrogens is 218 g/mol. The van der Waals surface area contributed by atoms with Gasteiger partial charge in [0.15, 0.2) is 5.82 Å². The highest BCUT2D eigenvalue weighted by Gasteiger charge is 2.15. The molecule has 17 heavy (non-hydrogen) atoms. The first-order valence-electron chi connectivity index (χ1n) is 5.58. The summed E-state index contributed by atoms with van der Waals surface area (Å²) in [6.07, 6.45) is 1.59. The maximum absolute atomic E-state index is 11.1. The lowest BCUT2D eigenvalue weighted by Gasteiger charge is -2.25. The van der Waals surface area contributed by atoms with Gasteiger partial charge in [-0.2, -0.15) is 5.10 Å². The molecule has 0 spiro atoms. The van der Waals surface area contributed by atoms with E-state index in [-0.39, 0.29) is 12.5 Å². The summed E-state index contributed by atoms with van der Waals surface area (Å²) in [5.74, 6) is 0.642. The predicted molar refractivity (Wildman–Crippen MR) is 66.2 cm³/mol. The van der Waals surface area contributed by atoms with E-state index in [0.29, 0.717) is 24.8 Å². The zero-order chi connectivity index (χ0) is 12.8. The van der Waals surface area contributed by atoms with E-state index in [1.165, 1.54) is 0 Å².